The molecule has 3 nitrogen and oxygen atoms in total. The lowest BCUT2D eigenvalue weighted by Crippen LogP contribution is -2.49. The maximum atomic E-state index is 5.94. The summed E-state index contributed by atoms with van der Waals surface area (Å²) in [6.45, 7) is 5.68. The van der Waals surface area contributed by atoms with Gasteiger partial charge >= 0.3 is 0 Å². The van der Waals surface area contributed by atoms with Crippen LogP contribution in [-0.2, 0) is 0 Å². The Labute approximate surface area is 81.9 Å². The first kappa shape index (κ1) is 11.0. The molecule has 0 aromatic rings. The number of likely N-dealkylation sites (N-methyl/N-ethyl adjacent to an activating group) is 1. The van der Waals surface area contributed by atoms with E-state index in [1.807, 2.05) is 0 Å². The Morgan fingerprint density at radius 1 is 1.38 bits per heavy atom. The third kappa shape index (κ3) is 3.63. The van der Waals surface area contributed by atoms with Gasteiger partial charge in [-0.2, -0.15) is 0 Å². The lowest BCUT2D eigenvalue weighted by Gasteiger charge is -2.37. The van der Waals surface area contributed by atoms with E-state index in [2.05, 4.69) is 30.8 Å². The fourth-order valence-corrected chi connectivity index (χ4v) is 1.85. The number of nitrogens with two attached hydrogens (primary N) is 1. The molecule has 3 heteroatoms. The Morgan fingerprint density at radius 3 is 2.69 bits per heavy atom. The lowest BCUT2D eigenvalue weighted by molar-refractivity contribution is 0.134. The Hall–Kier alpha value is -0.120. The van der Waals surface area contributed by atoms with Crippen molar-refractivity contribution >= 4 is 0 Å². The molecule has 2 atom stereocenters. The number of nitrogens with zero attached hydrogens (tertiary/aromatic N) is 2. The van der Waals surface area contributed by atoms with Crippen molar-refractivity contribution in [2.24, 2.45) is 5.73 Å². The minimum Gasteiger partial charge on any atom is -0.327 e. The van der Waals surface area contributed by atoms with Crippen LogP contribution < -0.4 is 5.73 Å². The van der Waals surface area contributed by atoms with Crippen LogP contribution in [0.25, 0.3) is 0 Å². The van der Waals surface area contributed by atoms with Crippen molar-refractivity contribution in [3.8, 4) is 0 Å². The summed E-state index contributed by atoms with van der Waals surface area (Å²) >= 11 is 0. The highest BCUT2D eigenvalue weighted by molar-refractivity contribution is 4.80. The minimum absolute atomic E-state index is 0.401. The SMILES string of the molecule is CC1CCC(N)CN1CCN(C)C. The van der Waals surface area contributed by atoms with Crippen LogP contribution in [-0.4, -0.2) is 55.6 Å². The average Bonchev–Trinajstić information content (AvgIpc) is 2.06. The summed E-state index contributed by atoms with van der Waals surface area (Å²) in [4.78, 5) is 4.74. The molecule has 0 aromatic heterocycles. The standard InChI is InChI=1S/C10H23N3/c1-9-4-5-10(11)8-13(9)7-6-12(2)3/h9-10H,4-8,11H2,1-3H3. The third-order valence-corrected chi connectivity index (χ3v) is 2.88. The largest absolute Gasteiger partial charge is 0.327 e. The molecule has 1 fully saturated rings. The quantitative estimate of drug-likeness (QED) is 0.689. The molecule has 78 valence electrons. The van der Waals surface area contributed by atoms with Crippen LogP contribution in [0, 0.1) is 0 Å². The van der Waals surface area contributed by atoms with Crippen molar-refractivity contribution in [1.29, 1.82) is 0 Å². The number of piperidine rings is 1. The lowest BCUT2D eigenvalue weighted by atomic mass is 10.0. The van der Waals surface area contributed by atoms with E-state index in [9.17, 15) is 0 Å². The highest BCUT2D eigenvalue weighted by Gasteiger charge is 2.22. The first-order valence-electron chi connectivity index (χ1n) is 5.24. The van der Waals surface area contributed by atoms with Crippen LogP contribution in [0.3, 0.4) is 0 Å². The molecule has 0 aliphatic carbocycles. The summed E-state index contributed by atoms with van der Waals surface area (Å²) < 4.78 is 0. The van der Waals surface area contributed by atoms with Crippen molar-refractivity contribution < 1.29 is 0 Å². The van der Waals surface area contributed by atoms with Gasteiger partial charge in [-0.1, -0.05) is 0 Å². The van der Waals surface area contributed by atoms with Crippen LogP contribution in [0.4, 0.5) is 0 Å². The highest BCUT2D eigenvalue weighted by Crippen LogP contribution is 2.15. The van der Waals surface area contributed by atoms with Crippen molar-refractivity contribution in [3.63, 3.8) is 0 Å². The molecular formula is C10H23N3. The van der Waals surface area contributed by atoms with E-state index in [-0.39, 0.29) is 0 Å². The second-order valence-electron chi connectivity index (χ2n) is 4.48. The Bertz CT molecular complexity index is 147. The fraction of sp³-hybridized carbons (Fsp3) is 1.00. The monoisotopic (exact) mass is 185 g/mol. The third-order valence-electron chi connectivity index (χ3n) is 2.88. The van der Waals surface area contributed by atoms with Crippen LogP contribution in [0.2, 0.25) is 0 Å². The number of hydrogen-bond donors (Lipinski definition) is 1. The van der Waals surface area contributed by atoms with Gasteiger partial charge in [-0.05, 0) is 33.9 Å². The molecule has 1 heterocycles. The molecule has 1 saturated heterocycles. The molecule has 13 heavy (non-hydrogen) atoms. The molecule has 0 amide bonds. The topological polar surface area (TPSA) is 32.5 Å². The van der Waals surface area contributed by atoms with E-state index in [0.29, 0.717) is 6.04 Å². The summed E-state index contributed by atoms with van der Waals surface area (Å²) in [5.41, 5.74) is 5.94. The second-order valence-corrected chi connectivity index (χ2v) is 4.48. The average molecular weight is 185 g/mol. The minimum atomic E-state index is 0.401. The van der Waals surface area contributed by atoms with Crippen LogP contribution in [0.15, 0.2) is 0 Å². The maximum Gasteiger partial charge on any atom is 0.0168 e. The van der Waals surface area contributed by atoms with Gasteiger partial charge in [0.05, 0.1) is 0 Å². The van der Waals surface area contributed by atoms with Gasteiger partial charge in [0.15, 0.2) is 0 Å². The molecule has 0 radical (unpaired) electrons. The maximum absolute atomic E-state index is 5.94. The van der Waals surface area contributed by atoms with E-state index in [1.54, 1.807) is 0 Å². The van der Waals surface area contributed by atoms with Crippen LogP contribution >= 0.6 is 0 Å². The van der Waals surface area contributed by atoms with Crippen LogP contribution in [0.1, 0.15) is 19.8 Å². The number of hydrogen-bond acceptors (Lipinski definition) is 3. The summed E-state index contributed by atoms with van der Waals surface area (Å²) in [7, 11) is 4.24. The van der Waals surface area contributed by atoms with E-state index < -0.39 is 0 Å². The summed E-state index contributed by atoms with van der Waals surface area (Å²) in [6, 6.07) is 1.12. The number of likely N-dealkylation sites (tertiary alicyclic amines) is 1. The van der Waals surface area contributed by atoms with Gasteiger partial charge in [0, 0.05) is 31.7 Å². The first-order chi connectivity index (χ1) is 6.09. The summed E-state index contributed by atoms with van der Waals surface area (Å²) in [6.07, 6.45) is 2.45. The number of rotatable bonds is 3. The molecule has 1 aliphatic heterocycles. The predicted octanol–water partition coefficient (Wildman–Crippen LogP) is 0.360. The molecule has 0 spiro atoms. The second kappa shape index (κ2) is 4.94. The summed E-state index contributed by atoms with van der Waals surface area (Å²) in [5.74, 6) is 0. The smallest absolute Gasteiger partial charge is 0.0168 e. The van der Waals surface area contributed by atoms with Crippen molar-refractivity contribution in [2.45, 2.75) is 31.8 Å². The van der Waals surface area contributed by atoms with Crippen molar-refractivity contribution in [1.82, 2.24) is 9.80 Å². The van der Waals surface area contributed by atoms with Gasteiger partial charge < -0.3 is 10.6 Å². The van der Waals surface area contributed by atoms with E-state index >= 15 is 0 Å². The zero-order valence-electron chi connectivity index (χ0n) is 9.16. The molecule has 0 aromatic carbocycles. The Morgan fingerprint density at radius 2 is 2.08 bits per heavy atom. The van der Waals surface area contributed by atoms with E-state index in [0.717, 1.165) is 25.7 Å². The van der Waals surface area contributed by atoms with Gasteiger partial charge in [0.1, 0.15) is 0 Å². The van der Waals surface area contributed by atoms with Gasteiger partial charge in [-0.15, -0.1) is 0 Å². The van der Waals surface area contributed by atoms with Crippen molar-refractivity contribution in [2.75, 3.05) is 33.7 Å². The zero-order valence-corrected chi connectivity index (χ0v) is 9.16. The Kier molecular flexibility index (Phi) is 4.16. The molecule has 2 unspecified atom stereocenters. The van der Waals surface area contributed by atoms with Gasteiger partial charge in [0.25, 0.3) is 0 Å². The molecule has 1 rings (SSSR count). The van der Waals surface area contributed by atoms with E-state index in [4.69, 9.17) is 5.73 Å². The van der Waals surface area contributed by atoms with Gasteiger partial charge in [0.2, 0.25) is 0 Å². The molecule has 0 bridgehead atoms. The molecule has 0 saturated carbocycles. The van der Waals surface area contributed by atoms with E-state index in [1.165, 1.54) is 12.8 Å². The van der Waals surface area contributed by atoms with Crippen molar-refractivity contribution in [3.05, 3.63) is 0 Å². The predicted molar refractivity (Wildman–Crippen MR) is 56.8 cm³/mol. The first-order valence-corrected chi connectivity index (χ1v) is 5.24. The fourth-order valence-electron chi connectivity index (χ4n) is 1.85. The summed E-state index contributed by atoms with van der Waals surface area (Å²) in [5, 5.41) is 0. The molecular weight excluding hydrogens is 162 g/mol. The normalized spacial score (nSPS) is 31.2. The Balaban J connectivity index is 2.29. The van der Waals surface area contributed by atoms with Gasteiger partial charge in [-0.3, -0.25) is 4.90 Å². The molecule has 1 aliphatic rings. The highest BCUT2D eigenvalue weighted by atomic mass is 15.2. The molecule has 2 N–H and O–H groups in total. The van der Waals surface area contributed by atoms with Crippen LogP contribution in [0.5, 0.6) is 0 Å². The zero-order chi connectivity index (χ0) is 9.84. The van der Waals surface area contributed by atoms with Gasteiger partial charge in [-0.25, -0.2) is 0 Å².